The Morgan fingerprint density at radius 2 is 2.06 bits per heavy atom. The number of anilines is 1. The Kier molecular flexibility index (Phi) is 6.58. The lowest BCUT2D eigenvalue weighted by Crippen LogP contribution is -2.47. The van der Waals surface area contributed by atoms with Crippen molar-refractivity contribution in [2.24, 2.45) is 0 Å². The Morgan fingerprint density at radius 1 is 1.35 bits per heavy atom. The van der Waals surface area contributed by atoms with Gasteiger partial charge >= 0.3 is 6.18 Å². The van der Waals surface area contributed by atoms with E-state index in [-0.39, 0.29) is 36.0 Å². The number of hydrogen-bond acceptors (Lipinski definition) is 7. The Labute approximate surface area is 178 Å². The fraction of sp³-hybridized carbons (Fsp3) is 0.611. The number of nitrogens with one attached hydrogen (secondary N) is 1. The lowest BCUT2D eigenvalue weighted by Gasteiger charge is -2.36. The van der Waals surface area contributed by atoms with Gasteiger partial charge in [-0.15, -0.1) is 0 Å². The molecule has 3 atom stereocenters. The smallest absolute Gasteiger partial charge is 0.392 e. The summed E-state index contributed by atoms with van der Waals surface area (Å²) in [7, 11) is -3.32. The van der Waals surface area contributed by atoms with E-state index >= 15 is 0 Å². The van der Waals surface area contributed by atoms with Crippen LogP contribution in [0, 0.1) is 0 Å². The second-order valence-electron chi connectivity index (χ2n) is 7.85. The van der Waals surface area contributed by atoms with Gasteiger partial charge in [-0.25, -0.2) is 23.4 Å². The van der Waals surface area contributed by atoms with Crippen molar-refractivity contribution >= 4 is 16.0 Å². The molecule has 0 amide bonds. The fourth-order valence-electron chi connectivity index (χ4n) is 3.70. The summed E-state index contributed by atoms with van der Waals surface area (Å²) < 4.78 is 67.0. The van der Waals surface area contributed by atoms with Gasteiger partial charge in [0.1, 0.15) is 17.0 Å². The van der Waals surface area contributed by atoms with Gasteiger partial charge < -0.3 is 15.0 Å². The van der Waals surface area contributed by atoms with Gasteiger partial charge in [0, 0.05) is 37.6 Å². The molecule has 0 aliphatic carbocycles. The number of imidazole rings is 1. The predicted octanol–water partition coefficient (Wildman–Crippen LogP) is 1.96. The highest BCUT2D eigenvalue weighted by molar-refractivity contribution is 7.88. The van der Waals surface area contributed by atoms with Gasteiger partial charge in [-0.1, -0.05) is 0 Å². The molecule has 0 saturated carbocycles. The summed E-state index contributed by atoms with van der Waals surface area (Å²) in [4.78, 5) is 11.9. The molecule has 3 rings (SSSR count). The van der Waals surface area contributed by atoms with E-state index in [1.54, 1.807) is 13.8 Å². The number of aliphatic hydroxyl groups excluding tert-OH is 1. The molecule has 9 nitrogen and oxygen atoms in total. The molecular formula is C18H25F3N6O3S. The third-order valence-corrected chi connectivity index (χ3v) is 6.41. The molecule has 2 N–H and O–H groups in total. The van der Waals surface area contributed by atoms with Crippen LogP contribution >= 0.6 is 0 Å². The number of rotatable bonds is 6. The molecule has 0 bridgehead atoms. The molecule has 1 aliphatic rings. The van der Waals surface area contributed by atoms with Crippen molar-refractivity contribution in [3.05, 3.63) is 24.3 Å². The minimum atomic E-state index is -4.67. The third-order valence-electron chi connectivity index (χ3n) is 5.02. The van der Waals surface area contributed by atoms with E-state index in [4.69, 9.17) is 0 Å². The summed E-state index contributed by atoms with van der Waals surface area (Å²) in [5.74, 6) is 0.0121. The summed E-state index contributed by atoms with van der Waals surface area (Å²) in [6.07, 6.45) is 0.173. The van der Waals surface area contributed by atoms with Crippen molar-refractivity contribution in [1.29, 1.82) is 0 Å². The highest BCUT2D eigenvalue weighted by Crippen LogP contribution is 2.35. The van der Waals surface area contributed by atoms with Gasteiger partial charge in [-0.2, -0.15) is 17.5 Å². The predicted molar refractivity (Wildman–Crippen MR) is 108 cm³/mol. The van der Waals surface area contributed by atoms with Crippen molar-refractivity contribution in [1.82, 2.24) is 23.8 Å². The van der Waals surface area contributed by atoms with Gasteiger partial charge in [0.15, 0.2) is 0 Å². The second-order valence-corrected chi connectivity index (χ2v) is 9.78. The van der Waals surface area contributed by atoms with E-state index in [0.717, 1.165) is 6.26 Å². The van der Waals surface area contributed by atoms with Crippen LogP contribution in [-0.4, -0.2) is 68.3 Å². The molecule has 2 aromatic rings. The second kappa shape index (κ2) is 8.71. The number of aromatic nitrogens is 4. The quantitative estimate of drug-likeness (QED) is 0.675. The van der Waals surface area contributed by atoms with Crippen LogP contribution < -0.4 is 5.32 Å². The summed E-state index contributed by atoms with van der Waals surface area (Å²) >= 11 is 0. The maximum atomic E-state index is 13.5. The number of sulfonamides is 1. The Balaban J connectivity index is 1.85. The van der Waals surface area contributed by atoms with Crippen LogP contribution in [0.3, 0.4) is 0 Å². The van der Waals surface area contributed by atoms with E-state index in [2.05, 4.69) is 20.3 Å². The molecule has 172 valence electrons. The Hall–Kier alpha value is -2.25. The molecule has 13 heteroatoms. The molecule has 3 heterocycles. The molecule has 1 fully saturated rings. The monoisotopic (exact) mass is 462 g/mol. The molecule has 1 saturated heterocycles. The number of hydrogen-bond donors (Lipinski definition) is 2. The first-order valence-electron chi connectivity index (χ1n) is 9.72. The average molecular weight is 462 g/mol. The summed E-state index contributed by atoms with van der Waals surface area (Å²) in [5.41, 5.74) is -1.37. The van der Waals surface area contributed by atoms with E-state index < -0.39 is 27.9 Å². The number of aliphatic hydroxyl groups is 1. The zero-order valence-electron chi connectivity index (χ0n) is 17.3. The maximum Gasteiger partial charge on any atom is 0.420 e. The normalized spacial score (nSPS) is 21.8. The van der Waals surface area contributed by atoms with Crippen LogP contribution in [0.5, 0.6) is 0 Å². The highest BCUT2D eigenvalue weighted by atomic mass is 32.2. The van der Waals surface area contributed by atoms with E-state index in [1.807, 2.05) is 0 Å². The fourth-order valence-corrected chi connectivity index (χ4v) is 4.88. The minimum Gasteiger partial charge on any atom is -0.392 e. The molecule has 0 aromatic carbocycles. The van der Waals surface area contributed by atoms with Crippen molar-refractivity contribution < 1.29 is 26.7 Å². The number of piperidine rings is 1. The zero-order chi connectivity index (χ0) is 23.0. The zero-order valence-corrected chi connectivity index (χ0v) is 18.2. The maximum absolute atomic E-state index is 13.5. The number of halogens is 3. The molecule has 0 spiro atoms. The van der Waals surface area contributed by atoms with E-state index in [1.165, 1.54) is 21.4 Å². The van der Waals surface area contributed by atoms with Gasteiger partial charge in [-0.05, 0) is 26.7 Å². The standard InChI is InChI=1S/C18H25F3N6O3S/c1-11-6-13(4-5-27(11)31(3,29)30)24-17-22-7-14(18(19,20)21)16(25-17)15-9-26(10-23-15)8-12(2)28/h7,9-13,28H,4-6,8H2,1-3H3,(H,22,24,25). The SMILES string of the molecule is CC(O)Cn1cnc(-c2nc(NC3CCN(S(C)(=O)=O)C(C)C3)ncc2C(F)(F)F)c1. The van der Waals surface area contributed by atoms with Gasteiger partial charge in [0.2, 0.25) is 16.0 Å². The van der Waals surface area contributed by atoms with E-state index in [0.29, 0.717) is 25.6 Å². The highest BCUT2D eigenvalue weighted by Gasteiger charge is 2.37. The van der Waals surface area contributed by atoms with Gasteiger partial charge in [0.05, 0.1) is 18.7 Å². The molecule has 2 aromatic heterocycles. The van der Waals surface area contributed by atoms with Crippen LogP contribution in [0.4, 0.5) is 19.1 Å². The van der Waals surface area contributed by atoms with Crippen LogP contribution in [0.25, 0.3) is 11.4 Å². The first kappa shape index (κ1) is 23.4. The van der Waals surface area contributed by atoms with Crippen LogP contribution in [0.15, 0.2) is 18.7 Å². The van der Waals surface area contributed by atoms with Crippen molar-refractivity contribution in [3.8, 4) is 11.4 Å². The van der Waals surface area contributed by atoms with Crippen molar-refractivity contribution in [3.63, 3.8) is 0 Å². The lowest BCUT2D eigenvalue weighted by atomic mass is 10.0. The number of alkyl halides is 3. The number of nitrogens with zero attached hydrogens (tertiary/aromatic N) is 5. The summed E-state index contributed by atoms with van der Waals surface area (Å²) in [5, 5.41) is 12.5. The molecule has 31 heavy (non-hydrogen) atoms. The van der Waals surface area contributed by atoms with Crippen molar-refractivity contribution in [2.45, 2.75) is 57.6 Å². The van der Waals surface area contributed by atoms with Crippen molar-refractivity contribution in [2.75, 3.05) is 18.1 Å². The van der Waals surface area contributed by atoms with E-state index in [9.17, 15) is 26.7 Å². The van der Waals surface area contributed by atoms with Crippen LogP contribution in [0.1, 0.15) is 32.3 Å². The Bertz CT molecular complexity index is 1020. The summed E-state index contributed by atoms with van der Waals surface area (Å²) in [6, 6.07) is -0.447. The largest absolute Gasteiger partial charge is 0.420 e. The molecule has 1 aliphatic heterocycles. The third kappa shape index (κ3) is 5.71. The first-order valence-corrected chi connectivity index (χ1v) is 11.6. The first-order chi connectivity index (χ1) is 14.3. The Morgan fingerprint density at radius 3 is 2.65 bits per heavy atom. The summed E-state index contributed by atoms with van der Waals surface area (Å²) in [6.45, 7) is 3.82. The van der Waals surface area contributed by atoms with Gasteiger partial charge in [0.25, 0.3) is 0 Å². The molecular weight excluding hydrogens is 437 g/mol. The average Bonchev–Trinajstić information content (AvgIpc) is 3.07. The topological polar surface area (TPSA) is 113 Å². The van der Waals surface area contributed by atoms with Crippen LogP contribution in [-0.2, 0) is 22.7 Å². The van der Waals surface area contributed by atoms with Crippen LogP contribution in [0.2, 0.25) is 0 Å². The molecule has 3 unspecified atom stereocenters. The molecule has 0 radical (unpaired) electrons. The lowest BCUT2D eigenvalue weighted by molar-refractivity contribution is -0.137. The minimum absolute atomic E-state index is 0.0121. The van der Waals surface area contributed by atoms with Gasteiger partial charge in [-0.3, -0.25) is 0 Å².